The summed E-state index contributed by atoms with van der Waals surface area (Å²) in [5, 5.41) is 4.57. The Balaban J connectivity index is 1.04. The minimum atomic E-state index is 0.595. The number of para-hydroxylation sites is 2. The average molecular weight is 717 g/mol. The maximum absolute atomic E-state index is 6.53. The molecule has 5 heteroatoms. The van der Waals surface area contributed by atoms with E-state index in [0.29, 0.717) is 17.5 Å². The second-order valence-corrected chi connectivity index (χ2v) is 14.0. The van der Waals surface area contributed by atoms with Crippen molar-refractivity contribution >= 4 is 43.7 Å². The molecule has 56 heavy (non-hydrogen) atoms. The molecule has 0 saturated heterocycles. The quantitative estimate of drug-likeness (QED) is 0.172. The molecule has 5 nitrogen and oxygen atoms in total. The van der Waals surface area contributed by atoms with Crippen LogP contribution in [0, 0.1) is 0 Å². The Bertz CT molecular complexity index is 3180. The van der Waals surface area contributed by atoms with Crippen LogP contribution < -0.4 is 0 Å². The van der Waals surface area contributed by atoms with Crippen molar-refractivity contribution in [3.8, 4) is 62.1 Å². The molecule has 3 heterocycles. The van der Waals surface area contributed by atoms with Crippen molar-refractivity contribution in [3.05, 3.63) is 194 Å². The molecule has 0 unspecified atom stereocenters. The molecule has 0 bridgehead atoms. The van der Waals surface area contributed by atoms with Crippen LogP contribution in [0.5, 0.6) is 0 Å². The monoisotopic (exact) mass is 716 g/mol. The minimum Gasteiger partial charge on any atom is -0.456 e. The molecular weight excluding hydrogens is 685 g/mol. The molecule has 0 spiro atoms. The second kappa shape index (κ2) is 13.0. The molecule has 11 rings (SSSR count). The Morgan fingerprint density at radius 2 is 0.911 bits per heavy atom. The molecule has 0 fully saturated rings. The number of aromatic nitrogens is 4. The normalized spacial score (nSPS) is 11.6. The van der Waals surface area contributed by atoms with Gasteiger partial charge in [0.25, 0.3) is 0 Å². The zero-order chi connectivity index (χ0) is 37.0. The van der Waals surface area contributed by atoms with Gasteiger partial charge in [-0.15, -0.1) is 0 Å². The molecule has 3 aromatic heterocycles. The van der Waals surface area contributed by atoms with E-state index in [1.54, 1.807) is 0 Å². The van der Waals surface area contributed by atoms with Crippen LogP contribution >= 0.6 is 0 Å². The highest BCUT2D eigenvalue weighted by Gasteiger charge is 2.19. The third-order valence-electron chi connectivity index (χ3n) is 10.7. The number of benzene rings is 8. The fraction of sp³-hybridized carbons (Fsp3) is 0. The summed E-state index contributed by atoms with van der Waals surface area (Å²) in [5.74, 6) is 1.85. The first kappa shape index (κ1) is 31.9. The lowest BCUT2D eigenvalue weighted by atomic mass is 9.91. The Kier molecular flexibility index (Phi) is 7.42. The largest absolute Gasteiger partial charge is 0.456 e. The average Bonchev–Trinajstić information content (AvgIpc) is 3.82. The van der Waals surface area contributed by atoms with Crippen molar-refractivity contribution in [2.75, 3.05) is 0 Å². The number of rotatable bonds is 6. The third-order valence-corrected chi connectivity index (χ3v) is 10.7. The lowest BCUT2D eigenvalue weighted by Crippen LogP contribution is -2.00. The van der Waals surface area contributed by atoms with Gasteiger partial charge in [0.2, 0.25) is 0 Å². The molecule has 8 aromatic carbocycles. The topological polar surface area (TPSA) is 56.7 Å². The summed E-state index contributed by atoms with van der Waals surface area (Å²) in [6, 6.07) is 67.6. The summed E-state index contributed by atoms with van der Waals surface area (Å²) in [5.41, 5.74) is 12.5. The van der Waals surface area contributed by atoms with Crippen LogP contribution in [0.3, 0.4) is 0 Å². The predicted octanol–water partition coefficient (Wildman–Crippen LogP) is 13.2. The van der Waals surface area contributed by atoms with Crippen LogP contribution in [0.2, 0.25) is 0 Å². The van der Waals surface area contributed by atoms with E-state index in [0.717, 1.165) is 55.4 Å². The van der Waals surface area contributed by atoms with E-state index in [2.05, 4.69) is 132 Å². The highest BCUT2D eigenvalue weighted by Crippen LogP contribution is 2.43. The highest BCUT2D eigenvalue weighted by atomic mass is 16.3. The van der Waals surface area contributed by atoms with Crippen LogP contribution in [0.25, 0.3) is 106 Å². The summed E-state index contributed by atoms with van der Waals surface area (Å²) >= 11 is 0. The van der Waals surface area contributed by atoms with Crippen LogP contribution in [-0.4, -0.2) is 19.5 Å². The van der Waals surface area contributed by atoms with E-state index in [1.807, 2.05) is 66.7 Å². The molecular formula is C51H32N4O. The molecule has 0 radical (unpaired) electrons. The molecule has 0 saturated carbocycles. The Morgan fingerprint density at radius 3 is 1.64 bits per heavy atom. The first-order chi connectivity index (χ1) is 27.8. The standard InChI is InChI=1S/C51H32N4O/c1-4-15-33(16-5-1)49-52-50(34-17-6-2-7-18-34)54-51(53-49)36-27-29-40-43-31-35(28-30-46(43)56-47(40)32-36)38-21-10-11-22-39(38)41-24-14-26-45-48(41)42-23-12-13-25-44(42)55(45)37-19-8-3-9-20-37/h1-32H. The van der Waals surface area contributed by atoms with Crippen LogP contribution in [0.15, 0.2) is 199 Å². The van der Waals surface area contributed by atoms with Gasteiger partial charge in [0, 0.05) is 43.9 Å². The molecule has 0 N–H and O–H groups in total. The van der Waals surface area contributed by atoms with Crippen molar-refractivity contribution in [3.63, 3.8) is 0 Å². The molecule has 0 amide bonds. The van der Waals surface area contributed by atoms with E-state index in [-0.39, 0.29) is 0 Å². The maximum atomic E-state index is 6.53. The molecule has 0 aliphatic rings. The van der Waals surface area contributed by atoms with Crippen molar-refractivity contribution in [2.45, 2.75) is 0 Å². The molecule has 0 aliphatic heterocycles. The van der Waals surface area contributed by atoms with Gasteiger partial charge in [-0.25, -0.2) is 15.0 Å². The van der Waals surface area contributed by atoms with Gasteiger partial charge >= 0.3 is 0 Å². The van der Waals surface area contributed by atoms with Crippen LogP contribution in [-0.2, 0) is 0 Å². The van der Waals surface area contributed by atoms with Gasteiger partial charge in [-0.2, -0.15) is 0 Å². The summed E-state index contributed by atoms with van der Waals surface area (Å²) < 4.78 is 8.90. The van der Waals surface area contributed by atoms with E-state index >= 15 is 0 Å². The number of hydrogen-bond donors (Lipinski definition) is 0. The predicted molar refractivity (Wildman–Crippen MR) is 229 cm³/mol. The first-order valence-corrected chi connectivity index (χ1v) is 18.8. The minimum absolute atomic E-state index is 0.595. The van der Waals surface area contributed by atoms with Crippen molar-refractivity contribution in [1.82, 2.24) is 19.5 Å². The van der Waals surface area contributed by atoms with Crippen molar-refractivity contribution in [2.24, 2.45) is 0 Å². The lowest BCUT2D eigenvalue weighted by molar-refractivity contribution is 0.669. The fourth-order valence-electron chi connectivity index (χ4n) is 8.09. The molecule has 262 valence electrons. The van der Waals surface area contributed by atoms with Gasteiger partial charge in [0.15, 0.2) is 17.5 Å². The summed E-state index contributed by atoms with van der Waals surface area (Å²) in [6.45, 7) is 0. The number of nitrogens with zero attached hydrogens (tertiary/aromatic N) is 4. The van der Waals surface area contributed by atoms with E-state index in [1.165, 1.54) is 32.9 Å². The van der Waals surface area contributed by atoms with Gasteiger partial charge < -0.3 is 8.98 Å². The number of fused-ring (bicyclic) bond motifs is 6. The smallest absolute Gasteiger partial charge is 0.164 e. The Labute approximate surface area is 322 Å². The Morgan fingerprint density at radius 1 is 0.339 bits per heavy atom. The van der Waals surface area contributed by atoms with Gasteiger partial charge in [-0.1, -0.05) is 146 Å². The number of hydrogen-bond acceptors (Lipinski definition) is 4. The van der Waals surface area contributed by atoms with Crippen LogP contribution in [0.4, 0.5) is 0 Å². The van der Waals surface area contributed by atoms with Crippen molar-refractivity contribution < 1.29 is 4.42 Å². The summed E-state index contributed by atoms with van der Waals surface area (Å²) in [7, 11) is 0. The van der Waals surface area contributed by atoms with Gasteiger partial charge in [0.1, 0.15) is 11.2 Å². The first-order valence-electron chi connectivity index (χ1n) is 18.8. The molecule has 0 atom stereocenters. The number of furan rings is 1. The second-order valence-electron chi connectivity index (χ2n) is 14.0. The van der Waals surface area contributed by atoms with Gasteiger partial charge in [-0.3, -0.25) is 0 Å². The highest BCUT2D eigenvalue weighted by molar-refractivity contribution is 6.17. The van der Waals surface area contributed by atoms with E-state index < -0.39 is 0 Å². The van der Waals surface area contributed by atoms with Crippen LogP contribution in [0.1, 0.15) is 0 Å². The zero-order valence-corrected chi connectivity index (χ0v) is 30.2. The lowest BCUT2D eigenvalue weighted by Gasteiger charge is -2.13. The van der Waals surface area contributed by atoms with E-state index in [4.69, 9.17) is 19.4 Å². The Hall–Kier alpha value is -7.63. The SMILES string of the molecule is c1ccc(-c2nc(-c3ccccc3)nc(-c3ccc4c(c3)oc3ccc(-c5ccccc5-c5cccc6c5c5ccccc5n6-c5ccccc5)cc34)n2)cc1. The fourth-order valence-corrected chi connectivity index (χ4v) is 8.09. The van der Waals surface area contributed by atoms with Gasteiger partial charge in [0.05, 0.1) is 11.0 Å². The maximum Gasteiger partial charge on any atom is 0.164 e. The molecule has 11 aromatic rings. The molecule has 0 aliphatic carbocycles. The summed E-state index contributed by atoms with van der Waals surface area (Å²) in [6.07, 6.45) is 0. The van der Waals surface area contributed by atoms with Gasteiger partial charge in [-0.05, 0) is 70.8 Å². The van der Waals surface area contributed by atoms with E-state index in [9.17, 15) is 0 Å². The summed E-state index contributed by atoms with van der Waals surface area (Å²) in [4.78, 5) is 14.8. The third kappa shape index (κ3) is 5.29. The zero-order valence-electron chi connectivity index (χ0n) is 30.2. The van der Waals surface area contributed by atoms with Crippen molar-refractivity contribution in [1.29, 1.82) is 0 Å².